The van der Waals surface area contributed by atoms with E-state index in [1.165, 1.54) is 12.1 Å². The summed E-state index contributed by atoms with van der Waals surface area (Å²) in [6, 6.07) is 18.7. The summed E-state index contributed by atoms with van der Waals surface area (Å²) >= 11 is 0. The van der Waals surface area contributed by atoms with E-state index < -0.39 is 0 Å². The van der Waals surface area contributed by atoms with Crippen molar-refractivity contribution in [2.24, 2.45) is 0 Å². The lowest BCUT2D eigenvalue weighted by molar-refractivity contribution is 0.305. The third kappa shape index (κ3) is 3.03. The quantitative estimate of drug-likeness (QED) is 0.481. The van der Waals surface area contributed by atoms with Crippen molar-refractivity contribution in [2.75, 3.05) is 0 Å². The fourth-order valence-corrected chi connectivity index (χ4v) is 4.12. The van der Waals surface area contributed by atoms with E-state index in [0.717, 1.165) is 38.9 Å². The van der Waals surface area contributed by atoms with Crippen LogP contribution in [-0.4, -0.2) is 9.55 Å². The van der Waals surface area contributed by atoms with Crippen LogP contribution in [0.2, 0.25) is 0 Å². The molecule has 0 radical (unpaired) electrons. The predicted octanol–water partition coefficient (Wildman–Crippen LogP) is 5.53. The van der Waals surface area contributed by atoms with Crippen LogP contribution in [0.1, 0.15) is 42.1 Å². The van der Waals surface area contributed by atoms with Crippen LogP contribution < -0.4 is 10.4 Å². The number of halogens is 1. The zero-order chi connectivity index (χ0) is 20.8. The van der Waals surface area contributed by atoms with E-state index in [1.54, 1.807) is 10.6 Å². The van der Waals surface area contributed by atoms with Gasteiger partial charge < -0.3 is 9.72 Å². The summed E-state index contributed by atoms with van der Waals surface area (Å²) in [6.45, 7) is 4.36. The van der Waals surface area contributed by atoms with Crippen molar-refractivity contribution in [3.8, 4) is 5.75 Å². The second kappa shape index (κ2) is 7.02. The Balaban J connectivity index is 1.72. The zero-order valence-corrected chi connectivity index (χ0v) is 16.8. The largest absolute Gasteiger partial charge is 0.488 e. The smallest absolute Gasteiger partial charge is 0.326 e. The summed E-state index contributed by atoms with van der Waals surface area (Å²) in [5.74, 6) is 0.200. The fourth-order valence-electron chi connectivity index (χ4n) is 4.12. The highest BCUT2D eigenvalue weighted by atomic mass is 19.1. The molecule has 4 nitrogen and oxygen atoms in total. The minimum atomic E-state index is -0.326. The fraction of sp³-hybridized carbons (Fsp3) is 0.160. The molecule has 0 fully saturated rings. The highest BCUT2D eigenvalue weighted by Crippen LogP contribution is 2.38. The Morgan fingerprint density at radius 3 is 2.73 bits per heavy atom. The van der Waals surface area contributed by atoms with Gasteiger partial charge in [-0.15, -0.1) is 0 Å². The van der Waals surface area contributed by atoms with Crippen molar-refractivity contribution in [3.05, 3.63) is 99.2 Å². The van der Waals surface area contributed by atoms with E-state index in [-0.39, 0.29) is 17.5 Å². The first-order valence-corrected chi connectivity index (χ1v) is 9.98. The number of hydrogen-bond donors (Lipinski definition) is 1. The normalized spacial score (nSPS) is 14.5. The molecule has 5 rings (SSSR count). The minimum absolute atomic E-state index is 0.0723. The van der Waals surface area contributed by atoms with Crippen molar-refractivity contribution in [2.45, 2.75) is 26.5 Å². The van der Waals surface area contributed by atoms with Gasteiger partial charge in [0.05, 0.1) is 11.0 Å². The van der Waals surface area contributed by atoms with E-state index in [1.807, 2.05) is 50.2 Å². The molecule has 2 heterocycles. The first-order valence-electron chi connectivity index (χ1n) is 9.98. The molecule has 1 aromatic heterocycles. The number of H-pyrrole nitrogens is 1. The van der Waals surface area contributed by atoms with Crippen LogP contribution >= 0.6 is 0 Å². The van der Waals surface area contributed by atoms with Crippen LogP contribution in [0.5, 0.6) is 5.75 Å². The Kier molecular flexibility index (Phi) is 4.31. The van der Waals surface area contributed by atoms with Gasteiger partial charge in [-0.05, 0) is 66.5 Å². The molecule has 0 bridgehead atoms. The van der Waals surface area contributed by atoms with Crippen LogP contribution in [0.15, 0.2) is 65.5 Å². The highest BCUT2D eigenvalue weighted by molar-refractivity contribution is 5.95. The lowest BCUT2D eigenvalue weighted by Crippen LogP contribution is -2.18. The molecule has 1 N–H and O–H groups in total. The Morgan fingerprint density at radius 1 is 1.07 bits per heavy atom. The van der Waals surface area contributed by atoms with Crippen LogP contribution in [0.25, 0.3) is 22.7 Å². The summed E-state index contributed by atoms with van der Waals surface area (Å²) in [4.78, 5) is 15.3. The van der Waals surface area contributed by atoms with Gasteiger partial charge in [0.15, 0.2) is 0 Å². The number of nitrogens with zero attached hydrogens (tertiary/aromatic N) is 1. The van der Waals surface area contributed by atoms with Gasteiger partial charge in [-0.3, -0.25) is 4.57 Å². The molecule has 0 aliphatic carbocycles. The van der Waals surface area contributed by atoms with Gasteiger partial charge in [-0.2, -0.15) is 0 Å². The molecule has 5 heteroatoms. The first kappa shape index (κ1) is 18.4. The van der Waals surface area contributed by atoms with Crippen molar-refractivity contribution in [1.29, 1.82) is 0 Å². The van der Waals surface area contributed by atoms with Crippen LogP contribution in [0.3, 0.4) is 0 Å². The molecule has 0 atom stereocenters. The van der Waals surface area contributed by atoms with Gasteiger partial charge >= 0.3 is 5.69 Å². The molecule has 0 unspecified atom stereocenters. The van der Waals surface area contributed by atoms with Crippen LogP contribution in [0, 0.1) is 5.82 Å². The average Bonchev–Trinajstić information content (AvgIpc) is 2.98. The molecule has 150 valence electrons. The molecule has 30 heavy (non-hydrogen) atoms. The van der Waals surface area contributed by atoms with Gasteiger partial charge in [0.1, 0.15) is 18.2 Å². The number of benzene rings is 3. The SMILES string of the molecule is CC(C)n1c(=O)[nH]c2cc(C=C3c4ccccc4COc4cc(F)ccc43)ccc21. The summed E-state index contributed by atoms with van der Waals surface area (Å²) in [5, 5.41) is 0. The predicted molar refractivity (Wildman–Crippen MR) is 117 cm³/mol. The molecule has 0 amide bonds. The van der Waals surface area contributed by atoms with Crippen molar-refractivity contribution >= 4 is 22.7 Å². The maximum atomic E-state index is 13.9. The summed E-state index contributed by atoms with van der Waals surface area (Å²) in [7, 11) is 0. The Bertz CT molecular complexity index is 1360. The number of aromatic amines is 1. The number of imidazole rings is 1. The van der Waals surface area contributed by atoms with Gasteiger partial charge in [0, 0.05) is 17.7 Å². The topological polar surface area (TPSA) is 47.0 Å². The van der Waals surface area contributed by atoms with Gasteiger partial charge in [-0.25, -0.2) is 9.18 Å². The Morgan fingerprint density at radius 2 is 1.90 bits per heavy atom. The lowest BCUT2D eigenvalue weighted by atomic mass is 9.92. The maximum absolute atomic E-state index is 13.9. The van der Waals surface area contributed by atoms with E-state index in [9.17, 15) is 9.18 Å². The summed E-state index contributed by atoms with van der Waals surface area (Å²) in [6.07, 6.45) is 2.06. The third-order valence-electron chi connectivity index (χ3n) is 5.49. The molecule has 0 saturated heterocycles. The lowest BCUT2D eigenvalue weighted by Gasteiger charge is -2.11. The molecule has 1 aliphatic rings. The number of hydrogen-bond acceptors (Lipinski definition) is 2. The molecule has 1 aliphatic heterocycles. The van der Waals surface area contributed by atoms with Crippen molar-refractivity contribution in [3.63, 3.8) is 0 Å². The molecule has 4 aromatic rings. The average molecular weight is 400 g/mol. The van der Waals surface area contributed by atoms with Gasteiger partial charge in [0.25, 0.3) is 0 Å². The second-order valence-electron chi connectivity index (χ2n) is 7.81. The van der Waals surface area contributed by atoms with Crippen molar-refractivity contribution in [1.82, 2.24) is 9.55 Å². The van der Waals surface area contributed by atoms with E-state index >= 15 is 0 Å². The highest BCUT2D eigenvalue weighted by Gasteiger charge is 2.20. The van der Waals surface area contributed by atoms with Crippen LogP contribution in [0.4, 0.5) is 4.39 Å². The summed E-state index contributed by atoms with van der Waals surface area (Å²) in [5.41, 5.74) is 6.40. The zero-order valence-electron chi connectivity index (χ0n) is 16.8. The number of aromatic nitrogens is 2. The monoisotopic (exact) mass is 400 g/mol. The molecular weight excluding hydrogens is 379 g/mol. The number of ether oxygens (including phenoxy) is 1. The van der Waals surface area contributed by atoms with E-state index in [2.05, 4.69) is 17.1 Å². The van der Waals surface area contributed by atoms with Gasteiger partial charge in [-0.1, -0.05) is 30.3 Å². The first-order chi connectivity index (χ1) is 14.5. The van der Waals surface area contributed by atoms with Gasteiger partial charge in [0.2, 0.25) is 0 Å². The van der Waals surface area contributed by atoms with E-state index in [0.29, 0.717) is 12.4 Å². The molecular formula is C25H21FN2O2. The Labute approximate surface area is 173 Å². The summed E-state index contributed by atoms with van der Waals surface area (Å²) < 4.78 is 21.5. The molecule has 0 saturated carbocycles. The van der Waals surface area contributed by atoms with Crippen LogP contribution in [-0.2, 0) is 6.61 Å². The Hall–Kier alpha value is -3.60. The molecule has 0 spiro atoms. The number of rotatable bonds is 2. The maximum Gasteiger partial charge on any atom is 0.326 e. The number of fused-ring (bicyclic) bond motifs is 3. The standard InChI is InChI=1S/C25H21FN2O2/c1-15(2)28-23-10-7-16(12-22(23)27-25(28)29)11-21-19-6-4-3-5-17(19)14-30-24-13-18(26)8-9-20(21)24/h3-13,15H,14H2,1-2H3,(H,27,29). The third-order valence-corrected chi connectivity index (χ3v) is 5.49. The second-order valence-corrected chi connectivity index (χ2v) is 7.81. The number of nitrogens with one attached hydrogen (secondary N) is 1. The minimum Gasteiger partial charge on any atom is -0.488 e. The van der Waals surface area contributed by atoms with Crippen molar-refractivity contribution < 1.29 is 9.13 Å². The molecule has 3 aromatic carbocycles. The van der Waals surface area contributed by atoms with E-state index in [4.69, 9.17) is 4.74 Å².